The van der Waals surface area contributed by atoms with Crippen molar-refractivity contribution in [2.75, 3.05) is 26.7 Å². The number of likely N-dealkylation sites (tertiary alicyclic amines) is 1. The Morgan fingerprint density at radius 3 is 2.81 bits per heavy atom. The molecule has 1 amide bonds. The zero-order chi connectivity index (χ0) is 11.4. The SMILES string of the molecule is CN1CCCCC1CNC(=O)CNC1CC1. The minimum atomic E-state index is 0.144. The van der Waals surface area contributed by atoms with Crippen LogP contribution in [0.5, 0.6) is 0 Å². The van der Waals surface area contributed by atoms with Gasteiger partial charge in [-0.15, -0.1) is 0 Å². The maximum Gasteiger partial charge on any atom is 0.234 e. The first-order chi connectivity index (χ1) is 7.75. The highest BCUT2D eigenvalue weighted by atomic mass is 16.1. The van der Waals surface area contributed by atoms with Gasteiger partial charge in [0, 0.05) is 18.6 Å². The first-order valence-electron chi connectivity index (χ1n) is 6.46. The van der Waals surface area contributed by atoms with Gasteiger partial charge in [0.15, 0.2) is 0 Å². The van der Waals surface area contributed by atoms with Crippen molar-refractivity contribution in [1.29, 1.82) is 0 Å². The normalized spacial score (nSPS) is 26.7. The number of nitrogens with one attached hydrogen (secondary N) is 2. The number of amides is 1. The lowest BCUT2D eigenvalue weighted by molar-refractivity contribution is -0.120. The molecule has 0 bridgehead atoms. The summed E-state index contributed by atoms with van der Waals surface area (Å²) in [5.41, 5.74) is 0. The standard InChI is InChI=1S/C12H23N3O/c1-15-7-3-2-4-11(15)8-14-12(16)9-13-10-5-6-10/h10-11,13H,2-9H2,1H3,(H,14,16). The van der Waals surface area contributed by atoms with Crippen LogP contribution in [-0.2, 0) is 4.79 Å². The molecule has 92 valence electrons. The first kappa shape index (κ1) is 11.9. The van der Waals surface area contributed by atoms with Gasteiger partial charge in [0.2, 0.25) is 5.91 Å². The van der Waals surface area contributed by atoms with Crippen molar-refractivity contribution in [3.8, 4) is 0 Å². The summed E-state index contributed by atoms with van der Waals surface area (Å²) in [5, 5.41) is 6.25. The fraction of sp³-hybridized carbons (Fsp3) is 0.917. The van der Waals surface area contributed by atoms with Gasteiger partial charge < -0.3 is 15.5 Å². The maximum atomic E-state index is 11.5. The summed E-state index contributed by atoms with van der Waals surface area (Å²) in [6.07, 6.45) is 6.28. The molecule has 2 aliphatic rings. The van der Waals surface area contributed by atoms with Crippen LogP contribution < -0.4 is 10.6 Å². The van der Waals surface area contributed by atoms with Crippen LogP contribution in [0.3, 0.4) is 0 Å². The number of hydrogen-bond acceptors (Lipinski definition) is 3. The van der Waals surface area contributed by atoms with Gasteiger partial charge in [-0.25, -0.2) is 0 Å². The molecular formula is C12H23N3O. The average Bonchev–Trinajstić information content (AvgIpc) is 3.09. The number of rotatable bonds is 5. The summed E-state index contributed by atoms with van der Waals surface area (Å²) in [7, 11) is 2.15. The highest BCUT2D eigenvalue weighted by Gasteiger charge is 2.22. The van der Waals surface area contributed by atoms with Crippen molar-refractivity contribution in [2.24, 2.45) is 0 Å². The smallest absolute Gasteiger partial charge is 0.234 e. The molecule has 1 atom stereocenters. The van der Waals surface area contributed by atoms with Gasteiger partial charge in [-0.1, -0.05) is 6.42 Å². The highest BCUT2D eigenvalue weighted by Crippen LogP contribution is 2.18. The fourth-order valence-corrected chi connectivity index (χ4v) is 2.22. The molecule has 0 radical (unpaired) electrons. The van der Waals surface area contributed by atoms with E-state index in [1.807, 2.05) is 0 Å². The lowest BCUT2D eigenvalue weighted by Crippen LogP contribution is -2.46. The van der Waals surface area contributed by atoms with Crippen molar-refractivity contribution in [3.05, 3.63) is 0 Å². The number of carbonyl (C=O) groups excluding carboxylic acids is 1. The van der Waals surface area contributed by atoms with E-state index < -0.39 is 0 Å². The molecule has 1 saturated heterocycles. The van der Waals surface area contributed by atoms with E-state index in [1.54, 1.807) is 0 Å². The highest BCUT2D eigenvalue weighted by molar-refractivity contribution is 5.78. The molecule has 2 N–H and O–H groups in total. The van der Waals surface area contributed by atoms with Crippen LogP contribution in [0.1, 0.15) is 32.1 Å². The third-order valence-corrected chi connectivity index (χ3v) is 3.59. The Kier molecular flexibility index (Phi) is 4.18. The molecule has 1 saturated carbocycles. The summed E-state index contributed by atoms with van der Waals surface area (Å²) in [6, 6.07) is 1.15. The molecular weight excluding hydrogens is 202 g/mol. The van der Waals surface area contributed by atoms with E-state index >= 15 is 0 Å². The van der Waals surface area contributed by atoms with Crippen LogP contribution in [-0.4, -0.2) is 49.6 Å². The Balaban J connectivity index is 1.59. The molecule has 1 unspecified atom stereocenters. The van der Waals surface area contributed by atoms with Crippen LogP contribution >= 0.6 is 0 Å². The predicted molar refractivity (Wildman–Crippen MR) is 64.3 cm³/mol. The van der Waals surface area contributed by atoms with Crippen molar-refractivity contribution in [2.45, 2.75) is 44.2 Å². The van der Waals surface area contributed by atoms with Crippen LogP contribution in [0, 0.1) is 0 Å². The third kappa shape index (κ3) is 3.76. The number of carbonyl (C=O) groups is 1. The number of piperidine rings is 1. The molecule has 1 heterocycles. The Morgan fingerprint density at radius 1 is 1.31 bits per heavy atom. The molecule has 2 fully saturated rings. The Bertz CT molecular complexity index is 240. The second kappa shape index (κ2) is 5.64. The van der Waals surface area contributed by atoms with Crippen LogP contribution in [0.2, 0.25) is 0 Å². The number of nitrogens with zero attached hydrogens (tertiary/aromatic N) is 1. The van der Waals surface area contributed by atoms with E-state index in [-0.39, 0.29) is 5.91 Å². The summed E-state index contributed by atoms with van der Waals surface area (Å²) in [6.45, 7) is 2.46. The molecule has 0 aromatic heterocycles. The van der Waals surface area contributed by atoms with Gasteiger partial charge >= 0.3 is 0 Å². The van der Waals surface area contributed by atoms with E-state index in [1.165, 1.54) is 38.6 Å². The minimum Gasteiger partial charge on any atom is -0.353 e. The van der Waals surface area contributed by atoms with Crippen molar-refractivity contribution in [1.82, 2.24) is 15.5 Å². The lowest BCUT2D eigenvalue weighted by atomic mass is 10.0. The van der Waals surface area contributed by atoms with Gasteiger partial charge in [0.25, 0.3) is 0 Å². The van der Waals surface area contributed by atoms with Gasteiger partial charge in [-0.05, 0) is 39.3 Å². The Labute approximate surface area is 97.8 Å². The van der Waals surface area contributed by atoms with Crippen molar-refractivity contribution < 1.29 is 4.79 Å². The van der Waals surface area contributed by atoms with E-state index in [0.717, 1.165) is 6.54 Å². The second-order valence-electron chi connectivity index (χ2n) is 5.09. The van der Waals surface area contributed by atoms with Crippen molar-refractivity contribution in [3.63, 3.8) is 0 Å². The maximum absolute atomic E-state index is 11.5. The first-order valence-corrected chi connectivity index (χ1v) is 6.46. The molecule has 2 rings (SSSR count). The fourth-order valence-electron chi connectivity index (χ4n) is 2.22. The molecule has 4 nitrogen and oxygen atoms in total. The van der Waals surface area contributed by atoms with Gasteiger partial charge in [0.05, 0.1) is 6.54 Å². The lowest BCUT2D eigenvalue weighted by Gasteiger charge is -2.32. The summed E-state index contributed by atoms with van der Waals surface area (Å²) in [5.74, 6) is 0.144. The average molecular weight is 225 g/mol. The summed E-state index contributed by atoms with van der Waals surface area (Å²) in [4.78, 5) is 13.9. The van der Waals surface area contributed by atoms with Crippen LogP contribution in [0.25, 0.3) is 0 Å². The summed E-state index contributed by atoms with van der Waals surface area (Å²) < 4.78 is 0. The van der Waals surface area contributed by atoms with Crippen molar-refractivity contribution >= 4 is 5.91 Å². The van der Waals surface area contributed by atoms with E-state index in [4.69, 9.17) is 0 Å². The molecule has 16 heavy (non-hydrogen) atoms. The van der Waals surface area contributed by atoms with Gasteiger partial charge in [0.1, 0.15) is 0 Å². The minimum absolute atomic E-state index is 0.144. The van der Waals surface area contributed by atoms with E-state index in [2.05, 4.69) is 22.6 Å². The van der Waals surface area contributed by atoms with E-state index in [0.29, 0.717) is 18.6 Å². The molecule has 1 aliphatic carbocycles. The topological polar surface area (TPSA) is 44.4 Å². The van der Waals surface area contributed by atoms with Crippen LogP contribution in [0.15, 0.2) is 0 Å². The largest absolute Gasteiger partial charge is 0.353 e. The second-order valence-corrected chi connectivity index (χ2v) is 5.09. The quantitative estimate of drug-likeness (QED) is 0.709. The van der Waals surface area contributed by atoms with E-state index in [9.17, 15) is 4.79 Å². The molecule has 0 aromatic rings. The Hall–Kier alpha value is -0.610. The number of hydrogen-bond donors (Lipinski definition) is 2. The number of likely N-dealkylation sites (N-methyl/N-ethyl adjacent to an activating group) is 1. The zero-order valence-corrected chi connectivity index (χ0v) is 10.2. The van der Waals surface area contributed by atoms with Crippen LogP contribution in [0.4, 0.5) is 0 Å². The molecule has 0 aromatic carbocycles. The summed E-state index contributed by atoms with van der Waals surface area (Å²) >= 11 is 0. The molecule has 0 spiro atoms. The monoisotopic (exact) mass is 225 g/mol. The zero-order valence-electron chi connectivity index (χ0n) is 10.2. The van der Waals surface area contributed by atoms with Gasteiger partial charge in [-0.2, -0.15) is 0 Å². The molecule has 4 heteroatoms. The third-order valence-electron chi connectivity index (χ3n) is 3.59. The molecule has 1 aliphatic heterocycles. The predicted octanol–water partition coefficient (Wildman–Crippen LogP) is 0.339. The van der Waals surface area contributed by atoms with Gasteiger partial charge in [-0.3, -0.25) is 4.79 Å². The Morgan fingerprint density at radius 2 is 2.12 bits per heavy atom.